The van der Waals surface area contributed by atoms with Crippen LogP contribution < -0.4 is 10.9 Å². The lowest BCUT2D eigenvalue weighted by molar-refractivity contribution is -0.118. The second kappa shape index (κ2) is 5.36. The van der Waals surface area contributed by atoms with Crippen LogP contribution >= 0.6 is 15.9 Å². The van der Waals surface area contributed by atoms with Gasteiger partial charge >= 0.3 is 0 Å². The maximum atomic E-state index is 13.0. The molecule has 25 heavy (non-hydrogen) atoms. The number of phenols is 1. The second-order valence-corrected chi connectivity index (χ2v) is 8.38. The Kier molecular flexibility index (Phi) is 3.47. The van der Waals surface area contributed by atoms with Crippen LogP contribution in [0.25, 0.3) is 0 Å². The standard InChI is InChI=1S/C18H18BrN3O3/c1-18(2)6-10-14(12(24)7-18)13(9-5-8(19)3-4-11(9)23)15-16(20-10)21-22-17(15)25/h3-5,13,23H,6-7H2,1-2H3,(H3,20,21,22,25). The van der Waals surface area contributed by atoms with Crippen molar-refractivity contribution >= 4 is 27.5 Å². The number of phenolic OH excluding ortho intramolecular Hbond substituents is 1. The Hall–Kier alpha value is -2.28. The highest BCUT2D eigenvalue weighted by Gasteiger charge is 2.43. The molecule has 1 aliphatic carbocycles. The van der Waals surface area contributed by atoms with Crippen LogP contribution in [0.15, 0.2) is 38.7 Å². The highest BCUT2D eigenvalue weighted by atomic mass is 79.9. The van der Waals surface area contributed by atoms with E-state index in [2.05, 4.69) is 45.3 Å². The number of aromatic amines is 2. The summed E-state index contributed by atoms with van der Waals surface area (Å²) in [5.74, 6) is 0.0292. The number of hydrogen-bond acceptors (Lipinski definition) is 4. The molecule has 0 fully saturated rings. The Morgan fingerprint density at radius 2 is 1.96 bits per heavy atom. The first-order valence-electron chi connectivity index (χ1n) is 8.09. The van der Waals surface area contributed by atoms with Gasteiger partial charge in [0.1, 0.15) is 11.6 Å². The Balaban J connectivity index is 2.00. The summed E-state index contributed by atoms with van der Waals surface area (Å²) < 4.78 is 0.776. The molecule has 0 amide bonds. The van der Waals surface area contributed by atoms with E-state index in [1.807, 2.05) is 0 Å². The molecular formula is C18H18BrN3O3. The summed E-state index contributed by atoms with van der Waals surface area (Å²) in [6.07, 6.45) is 1.11. The van der Waals surface area contributed by atoms with Gasteiger partial charge in [0.2, 0.25) is 0 Å². The van der Waals surface area contributed by atoms with Crippen molar-refractivity contribution in [2.45, 2.75) is 32.6 Å². The van der Waals surface area contributed by atoms with E-state index in [1.165, 1.54) is 0 Å². The van der Waals surface area contributed by atoms with Gasteiger partial charge in [-0.25, -0.2) is 0 Å². The van der Waals surface area contributed by atoms with E-state index in [0.29, 0.717) is 35.4 Å². The van der Waals surface area contributed by atoms with E-state index >= 15 is 0 Å². The summed E-state index contributed by atoms with van der Waals surface area (Å²) in [7, 11) is 0. The molecule has 2 aromatic rings. The van der Waals surface area contributed by atoms with Gasteiger partial charge in [-0.2, -0.15) is 0 Å². The summed E-state index contributed by atoms with van der Waals surface area (Å²) in [4.78, 5) is 25.4. The quantitative estimate of drug-likeness (QED) is 0.586. The van der Waals surface area contributed by atoms with Gasteiger partial charge in [-0.15, -0.1) is 0 Å². The van der Waals surface area contributed by atoms with Crippen molar-refractivity contribution in [1.82, 2.24) is 10.2 Å². The van der Waals surface area contributed by atoms with Crippen molar-refractivity contribution in [3.8, 4) is 5.75 Å². The molecule has 6 nitrogen and oxygen atoms in total. The number of aromatic nitrogens is 2. The van der Waals surface area contributed by atoms with Crippen molar-refractivity contribution in [1.29, 1.82) is 0 Å². The number of Topliss-reactive ketones (excluding diaryl/α,β-unsaturated/α-hetero) is 1. The number of anilines is 1. The minimum Gasteiger partial charge on any atom is -0.508 e. The minimum atomic E-state index is -0.595. The fourth-order valence-corrected chi connectivity index (χ4v) is 4.26. The number of nitrogens with one attached hydrogen (secondary N) is 3. The molecule has 1 unspecified atom stereocenters. The molecule has 0 spiro atoms. The van der Waals surface area contributed by atoms with Crippen LogP contribution in [0, 0.1) is 5.41 Å². The molecule has 1 aromatic carbocycles. The number of benzene rings is 1. The zero-order chi connectivity index (χ0) is 17.9. The second-order valence-electron chi connectivity index (χ2n) is 7.46. The van der Waals surface area contributed by atoms with Crippen LogP contribution in [0.5, 0.6) is 5.75 Å². The summed E-state index contributed by atoms with van der Waals surface area (Å²) in [6, 6.07) is 5.06. The van der Waals surface area contributed by atoms with E-state index in [9.17, 15) is 14.7 Å². The largest absolute Gasteiger partial charge is 0.508 e. The van der Waals surface area contributed by atoms with Gasteiger partial charge in [-0.1, -0.05) is 29.8 Å². The maximum absolute atomic E-state index is 13.0. The van der Waals surface area contributed by atoms with Gasteiger partial charge in [0, 0.05) is 27.7 Å². The number of carbonyl (C=O) groups excluding carboxylic acids is 1. The fourth-order valence-electron chi connectivity index (χ4n) is 3.89. The molecule has 0 saturated carbocycles. The molecule has 1 aliphatic heterocycles. The van der Waals surface area contributed by atoms with Crippen LogP contribution in [0.3, 0.4) is 0 Å². The Labute approximate surface area is 152 Å². The van der Waals surface area contributed by atoms with Crippen LogP contribution in [0.1, 0.15) is 43.7 Å². The molecule has 0 bridgehead atoms. The van der Waals surface area contributed by atoms with Crippen molar-refractivity contribution in [2.75, 3.05) is 5.32 Å². The summed E-state index contributed by atoms with van der Waals surface area (Å²) in [5, 5.41) is 19.1. The number of fused-ring (bicyclic) bond motifs is 1. The first-order valence-corrected chi connectivity index (χ1v) is 8.88. The maximum Gasteiger partial charge on any atom is 0.270 e. The average molecular weight is 404 g/mol. The lowest BCUT2D eigenvalue weighted by Crippen LogP contribution is -2.35. The monoisotopic (exact) mass is 403 g/mol. The van der Waals surface area contributed by atoms with Crippen molar-refractivity contribution in [3.63, 3.8) is 0 Å². The predicted molar refractivity (Wildman–Crippen MR) is 97.7 cm³/mol. The molecule has 7 heteroatoms. The highest BCUT2D eigenvalue weighted by Crippen LogP contribution is 2.49. The van der Waals surface area contributed by atoms with Crippen molar-refractivity contribution < 1.29 is 9.90 Å². The molecule has 4 N–H and O–H groups in total. The molecule has 4 rings (SSSR count). The number of carbonyl (C=O) groups is 1. The normalized spacial score (nSPS) is 21.6. The Morgan fingerprint density at radius 1 is 1.20 bits per heavy atom. The van der Waals surface area contributed by atoms with Gasteiger partial charge in [0.25, 0.3) is 5.56 Å². The predicted octanol–water partition coefficient (Wildman–Crippen LogP) is 3.37. The SMILES string of the molecule is CC1(C)CC(=O)C2=C(C1)Nc1[nH][nH]c(=O)c1C2c1cc(Br)ccc1O. The van der Waals surface area contributed by atoms with Crippen molar-refractivity contribution in [2.24, 2.45) is 5.41 Å². The van der Waals surface area contributed by atoms with E-state index in [-0.39, 0.29) is 22.5 Å². The first kappa shape index (κ1) is 16.2. The number of rotatable bonds is 1. The average Bonchev–Trinajstić information content (AvgIpc) is 2.87. The molecule has 130 valence electrons. The molecular weight excluding hydrogens is 386 g/mol. The van der Waals surface area contributed by atoms with Crippen LogP contribution in [0.4, 0.5) is 5.82 Å². The third-order valence-corrected chi connectivity index (χ3v) is 5.38. The number of ketones is 1. The minimum absolute atomic E-state index is 0.00868. The van der Waals surface area contributed by atoms with Gasteiger partial charge in [0.15, 0.2) is 5.78 Å². The number of allylic oxidation sites excluding steroid dienone is 2. The topological polar surface area (TPSA) is 98.0 Å². The van der Waals surface area contributed by atoms with E-state index in [4.69, 9.17) is 0 Å². The molecule has 1 aromatic heterocycles. The smallest absolute Gasteiger partial charge is 0.270 e. The molecule has 0 radical (unpaired) electrons. The Morgan fingerprint density at radius 3 is 2.72 bits per heavy atom. The molecule has 0 saturated heterocycles. The highest BCUT2D eigenvalue weighted by molar-refractivity contribution is 9.10. The van der Waals surface area contributed by atoms with E-state index in [1.54, 1.807) is 18.2 Å². The lowest BCUT2D eigenvalue weighted by atomic mass is 9.69. The van der Waals surface area contributed by atoms with Gasteiger partial charge in [0.05, 0.1) is 11.5 Å². The number of hydrogen-bond donors (Lipinski definition) is 4. The first-order chi connectivity index (χ1) is 11.8. The third kappa shape index (κ3) is 2.54. The summed E-state index contributed by atoms with van der Waals surface area (Å²) in [5.41, 5.74) is 1.92. The number of halogens is 1. The van der Waals surface area contributed by atoms with Crippen LogP contribution in [-0.2, 0) is 4.79 Å². The molecule has 2 aliphatic rings. The lowest BCUT2D eigenvalue weighted by Gasteiger charge is -2.38. The fraction of sp³-hybridized carbons (Fsp3) is 0.333. The molecule has 1 atom stereocenters. The van der Waals surface area contributed by atoms with E-state index < -0.39 is 5.92 Å². The Bertz CT molecular complexity index is 984. The third-order valence-electron chi connectivity index (χ3n) is 4.89. The van der Waals surface area contributed by atoms with Gasteiger partial charge in [-0.05, 0) is 30.0 Å². The number of aromatic hydroxyl groups is 1. The zero-order valence-corrected chi connectivity index (χ0v) is 15.5. The zero-order valence-electron chi connectivity index (χ0n) is 13.9. The van der Waals surface area contributed by atoms with Crippen LogP contribution in [-0.4, -0.2) is 21.1 Å². The summed E-state index contributed by atoms with van der Waals surface area (Å²) in [6.45, 7) is 4.11. The van der Waals surface area contributed by atoms with Crippen LogP contribution in [0.2, 0.25) is 0 Å². The van der Waals surface area contributed by atoms with E-state index in [0.717, 1.165) is 10.2 Å². The van der Waals surface area contributed by atoms with Gasteiger partial charge in [-0.3, -0.25) is 19.8 Å². The van der Waals surface area contributed by atoms with Gasteiger partial charge < -0.3 is 10.4 Å². The number of H-pyrrole nitrogens is 2. The summed E-state index contributed by atoms with van der Waals surface area (Å²) >= 11 is 3.41. The van der Waals surface area contributed by atoms with Crippen molar-refractivity contribution in [3.05, 3.63) is 55.4 Å². The molecule has 2 heterocycles.